The van der Waals surface area contributed by atoms with Crippen LogP contribution in [0.5, 0.6) is 11.5 Å². The highest BCUT2D eigenvalue weighted by atomic mass is 32.2. The van der Waals surface area contributed by atoms with Crippen LogP contribution in [0.2, 0.25) is 0 Å². The van der Waals surface area contributed by atoms with Gasteiger partial charge in [0, 0.05) is 29.6 Å². The first-order chi connectivity index (χ1) is 21.4. The summed E-state index contributed by atoms with van der Waals surface area (Å²) in [6, 6.07) is 25.4. The van der Waals surface area contributed by atoms with E-state index >= 15 is 0 Å². The number of sulfonamides is 1. The molecule has 9 nitrogen and oxygen atoms in total. The van der Waals surface area contributed by atoms with Crippen molar-refractivity contribution < 1.29 is 27.8 Å². The van der Waals surface area contributed by atoms with Crippen LogP contribution in [0.1, 0.15) is 31.2 Å². The third-order valence-electron chi connectivity index (χ3n) is 8.09. The molecule has 228 valence electrons. The van der Waals surface area contributed by atoms with Crippen LogP contribution >= 0.6 is 0 Å². The number of methoxy groups -OCH3 is 1. The van der Waals surface area contributed by atoms with Gasteiger partial charge in [-0.25, -0.2) is 13.4 Å². The maximum atomic E-state index is 13.2. The molecule has 1 aromatic heterocycles. The summed E-state index contributed by atoms with van der Waals surface area (Å²) in [7, 11) is -2.14. The number of amides is 1. The molecule has 10 heteroatoms. The van der Waals surface area contributed by atoms with Gasteiger partial charge in [-0.3, -0.25) is 4.79 Å². The van der Waals surface area contributed by atoms with Gasteiger partial charge in [-0.1, -0.05) is 48.5 Å². The number of nitrogens with one attached hydrogen (secondary N) is 1. The largest absolute Gasteiger partial charge is 0.493 e. The van der Waals surface area contributed by atoms with Crippen molar-refractivity contribution in [2.24, 2.45) is 5.92 Å². The number of aromatic nitrogens is 1. The lowest BCUT2D eigenvalue weighted by Gasteiger charge is -2.22. The smallest absolute Gasteiger partial charge is 0.243 e. The Balaban J connectivity index is 1.31. The standard InChI is InChI=1S/C34H35N3O6S/c1-42-31-18-13-26(20-32(31)43-22-23-6-3-2-4-7-23)29-16-17-30(35-33(29)36-34(39)25-9-10-25)24-11-14-28(15-12-24)44(40,41)37-19-5-8-27(37)21-38/h2-4,6-7,11-18,20,25,27,38H,5,8-10,19,21-22H2,1H3,(H,35,36,39)/t27-/m1/s1. The normalized spacial score (nSPS) is 16.9. The van der Waals surface area contributed by atoms with Crippen molar-refractivity contribution in [3.05, 3.63) is 90.5 Å². The molecule has 0 unspecified atom stereocenters. The number of carbonyl (C=O) groups excluding carboxylic acids is 1. The van der Waals surface area contributed by atoms with Crippen molar-refractivity contribution in [3.63, 3.8) is 0 Å². The fourth-order valence-electron chi connectivity index (χ4n) is 5.45. The Labute approximate surface area is 257 Å². The summed E-state index contributed by atoms with van der Waals surface area (Å²) in [5, 5.41) is 12.7. The number of ether oxygens (including phenoxy) is 2. The average molecular weight is 614 g/mol. The molecule has 0 bridgehead atoms. The Morgan fingerprint density at radius 1 is 0.955 bits per heavy atom. The molecule has 2 aliphatic rings. The number of aliphatic hydroxyl groups excluding tert-OH is 1. The first kappa shape index (κ1) is 29.8. The van der Waals surface area contributed by atoms with Gasteiger partial charge in [-0.05, 0) is 73.2 Å². The van der Waals surface area contributed by atoms with Crippen LogP contribution in [0.4, 0.5) is 5.82 Å². The second-order valence-electron chi connectivity index (χ2n) is 11.1. The summed E-state index contributed by atoms with van der Waals surface area (Å²) in [5.41, 5.74) is 3.84. The van der Waals surface area contributed by atoms with E-state index in [2.05, 4.69) is 5.32 Å². The molecule has 1 aliphatic carbocycles. The highest BCUT2D eigenvalue weighted by Crippen LogP contribution is 2.38. The van der Waals surface area contributed by atoms with Crippen molar-refractivity contribution in [2.45, 2.75) is 43.2 Å². The van der Waals surface area contributed by atoms with Crippen molar-refractivity contribution in [3.8, 4) is 33.9 Å². The summed E-state index contributed by atoms with van der Waals surface area (Å²) < 4.78 is 39.5. The lowest BCUT2D eigenvalue weighted by atomic mass is 10.0. The Kier molecular flexibility index (Phi) is 8.65. The van der Waals surface area contributed by atoms with Gasteiger partial charge in [0.1, 0.15) is 12.4 Å². The van der Waals surface area contributed by atoms with Crippen LogP contribution in [-0.2, 0) is 21.4 Å². The van der Waals surface area contributed by atoms with E-state index in [1.165, 1.54) is 4.31 Å². The SMILES string of the molecule is COc1ccc(-c2ccc(-c3ccc(S(=O)(=O)N4CCC[C@@H]4CO)cc3)nc2NC(=O)C2CC2)cc1OCc1ccccc1. The Morgan fingerprint density at radius 3 is 2.41 bits per heavy atom. The molecule has 44 heavy (non-hydrogen) atoms. The lowest BCUT2D eigenvalue weighted by Crippen LogP contribution is -2.37. The molecule has 3 aromatic carbocycles. The van der Waals surface area contributed by atoms with E-state index in [-0.39, 0.29) is 23.3 Å². The van der Waals surface area contributed by atoms with E-state index in [1.807, 2.05) is 60.7 Å². The van der Waals surface area contributed by atoms with Crippen LogP contribution in [0.25, 0.3) is 22.4 Å². The van der Waals surface area contributed by atoms with E-state index < -0.39 is 16.1 Å². The van der Waals surface area contributed by atoms with Gasteiger partial charge < -0.3 is 19.9 Å². The highest BCUT2D eigenvalue weighted by Gasteiger charge is 2.35. The number of carbonyl (C=O) groups is 1. The van der Waals surface area contributed by atoms with E-state index in [1.54, 1.807) is 31.4 Å². The summed E-state index contributed by atoms with van der Waals surface area (Å²) in [5.74, 6) is 1.48. The minimum absolute atomic E-state index is 0.0215. The van der Waals surface area contributed by atoms with Crippen LogP contribution < -0.4 is 14.8 Å². The summed E-state index contributed by atoms with van der Waals surface area (Å²) >= 11 is 0. The van der Waals surface area contributed by atoms with E-state index in [0.29, 0.717) is 48.1 Å². The first-order valence-electron chi connectivity index (χ1n) is 14.8. The molecule has 1 saturated carbocycles. The predicted octanol–water partition coefficient (Wildman–Crippen LogP) is 5.50. The molecular weight excluding hydrogens is 578 g/mol. The third kappa shape index (κ3) is 6.33. The van der Waals surface area contributed by atoms with Crippen LogP contribution in [0.3, 0.4) is 0 Å². The maximum absolute atomic E-state index is 13.2. The molecule has 6 rings (SSSR count). The van der Waals surface area contributed by atoms with Crippen molar-refractivity contribution in [1.29, 1.82) is 0 Å². The van der Waals surface area contributed by atoms with Crippen LogP contribution in [0.15, 0.2) is 89.8 Å². The molecule has 4 aromatic rings. The predicted molar refractivity (Wildman–Crippen MR) is 168 cm³/mol. The molecular formula is C34H35N3O6S. The molecule has 0 spiro atoms. The van der Waals surface area contributed by atoms with Crippen molar-refractivity contribution in [1.82, 2.24) is 9.29 Å². The summed E-state index contributed by atoms with van der Waals surface area (Å²) in [4.78, 5) is 17.9. The molecule has 2 N–H and O–H groups in total. The zero-order valence-corrected chi connectivity index (χ0v) is 25.3. The molecule has 2 heterocycles. The number of benzene rings is 3. The van der Waals surface area contributed by atoms with E-state index in [4.69, 9.17) is 14.5 Å². The number of nitrogens with zero attached hydrogens (tertiary/aromatic N) is 2. The average Bonchev–Trinajstić information content (AvgIpc) is 3.80. The Hall–Kier alpha value is -4.25. The van der Waals surface area contributed by atoms with Gasteiger partial charge in [0.2, 0.25) is 15.9 Å². The summed E-state index contributed by atoms with van der Waals surface area (Å²) in [6.07, 6.45) is 3.08. The molecule has 1 saturated heterocycles. The van der Waals surface area contributed by atoms with Crippen molar-refractivity contribution in [2.75, 3.05) is 25.6 Å². The topological polar surface area (TPSA) is 118 Å². The van der Waals surface area contributed by atoms with Gasteiger partial charge in [0.25, 0.3) is 0 Å². The van der Waals surface area contributed by atoms with Gasteiger partial charge in [0.05, 0.1) is 24.3 Å². The third-order valence-corrected chi connectivity index (χ3v) is 10.1. The minimum atomic E-state index is -3.73. The van der Waals surface area contributed by atoms with Gasteiger partial charge >= 0.3 is 0 Å². The monoisotopic (exact) mass is 613 g/mol. The number of hydrogen-bond acceptors (Lipinski definition) is 7. The number of rotatable bonds is 11. The Bertz CT molecular complexity index is 1740. The van der Waals surface area contributed by atoms with Crippen LogP contribution in [-0.4, -0.2) is 55.0 Å². The maximum Gasteiger partial charge on any atom is 0.243 e. The lowest BCUT2D eigenvalue weighted by molar-refractivity contribution is -0.117. The molecule has 2 fully saturated rings. The molecule has 1 aliphatic heterocycles. The minimum Gasteiger partial charge on any atom is -0.493 e. The van der Waals surface area contributed by atoms with Gasteiger partial charge in [0.15, 0.2) is 11.5 Å². The molecule has 1 amide bonds. The molecule has 1 atom stereocenters. The number of hydrogen-bond donors (Lipinski definition) is 2. The highest BCUT2D eigenvalue weighted by molar-refractivity contribution is 7.89. The number of aliphatic hydroxyl groups is 1. The Morgan fingerprint density at radius 2 is 1.70 bits per heavy atom. The van der Waals surface area contributed by atoms with Crippen molar-refractivity contribution >= 4 is 21.7 Å². The first-order valence-corrected chi connectivity index (χ1v) is 16.2. The fraction of sp³-hybridized carbons (Fsp3) is 0.294. The summed E-state index contributed by atoms with van der Waals surface area (Å²) in [6.45, 7) is 0.567. The van der Waals surface area contributed by atoms with Gasteiger partial charge in [-0.2, -0.15) is 4.31 Å². The fourth-order valence-corrected chi connectivity index (χ4v) is 7.13. The van der Waals surface area contributed by atoms with Crippen LogP contribution in [0, 0.1) is 5.92 Å². The quantitative estimate of drug-likeness (QED) is 0.229. The molecule has 0 radical (unpaired) electrons. The number of pyridine rings is 1. The number of anilines is 1. The van der Waals surface area contributed by atoms with E-state index in [9.17, 15) is 18.3 Å². The zero-order valence-electron chi connectivity index (χ0n) is 24.5. The second-order valence-corrected chi connectivity index (χ2v) is 13.0. The van der Waals surface area contributed by atoms with Gasteiger partial charge in [-0.15, -0.1) is 0 Å². The zero-order chi connectivity index (χ0) is 30.7. The second kappa shape index (κ2) is 12.8. The van der Waals surface area contributed by atoms with E-state index in [0.717, 1.165) is 36.0 Å².